The molecule has 0 bridgehead atoms. The van der Waals surface area contributed by atoms with Crippen molar-refractivity contribution in [2.75, 3.05) is 13.1 Å². The summed E-state index contributed by atoms with van der Waals surface area (Å²) in [6, 6.07) is 9.47. The lowest BCUT2D eigenvalue weighted by atomic mass is 10.2. The van der Waals surface area contributed by atoms with Crippen LogP contribution in [-0.4, -0.2) is 39.7 Å². The van der Waals surface area contributed by atoms with Gasteiger partial charge in [-0.05, 0) is 23.9 Å². The number of aromatic nitrogens is 3. The zero-order valence-corrected chi connectivity index (χ0v) is 14.8. The zero-order chi connectivity index (χ0) is 18.1. The molecule has 0 radical (unpaired) electrons. The highest BCUT2D eigenvalue weighted by molar-refractivity contribution is 7.71. The fraction of sp³-hybridized carbons (Fsp3) is 0.294. The molecule has 132 valence electrons. The molecule has 0 saturated carbocycles. The number of hydrogen-bond acceptors (Lipinski definition) is 4. The monoisotopic (exact) mass is 359 g/mol. The Kier molecular flexibility index (Phi) is 7.09. The Morgan fingerprint density at radius 2 is 2.04 bits per heavy atom. The Labute approximate surface area is 151 Å². The molecule has 0 fully saturated rings. The molecule has 2 aromatic rings. The van der Waals surface area contributed by atoms with E-state index in [4.69, 9.17) is 12.2 Å². The van der Waals surface area contributed by atoms with E-state index in [1.807, 2.05) is 41.8 Å². The molecule has 2 amide bonds. The van der Waals surface area contributed by atoms with Crippen molar-refractivity contribution in [3.05, 3.63) is 52.6 Å². The Morgan fingerprint density at radius 1 is 1.28 bits per heavy atom. The van der Waals surface area contributed by atoms with Gasteiger partial charge in [-0.2, -0.15) is 5.10 Å². The van der Waals surface area contributed by atoms with Crippen LogP contribution in [-0.2, 0) is 22.6 Å². The zero-order valence-electron chi connectivity index (χ0n) is 14.0. The van der Waals surface area contributed by atoms with Gasteiger partial charge in [0.2, 0.25) is 11.8 Å². The second kappa shape index (κ2) is 9.53. The third-order valence-electron chi connectivity index (χ3n) is 3.46. The smallest absolute Gasteiger partial charge is 0.244 e. The number of H-pyrrole nitrogens is 1. The molecule has 25 heavy (non-hydrogen) atoms. The highest BCUT2D eigenvalue weighted by atomic mass is 32.1. The summed E-state index contributed by atoms with van der Waals surface area (Å²) < 4.78 is 2.38. The number of amides is 2. The van der Waals surface area contributed by atoms with Crippen LogP contribution in [0.3, 0.4) is 0 Å². The van der Waals surface area contributed by atoms with Gasteiger partial charge in [0.05, 0.1) is 6.54 Å². The molecule has 8 heteroatoms. The van der Waals surface area contributed by atoms with E-state index in [9.17, 15) is 9.59 Å². The molecule has 0 aliphatic carbocycles. The predicted molar refractivity (Wildman–Crippen MR) is 98.3 cm³/mol. The van der Waals surface area contributed by atoms with Crippen molar-refractivity contribution in [1.82, 2.24) is 25.4 Å². The minimum atomic E-state index is -0.315. The molecule has 0 unspecified atom stereocenters. The van der Waals surface area contributed by atoms with Crippen LogP contribution in [0.1, 0.15) is 18.3 Å². The van der Waals surface area contributed by atoms with Gasteiger partial charge in [-0.1, -0.05) is 37.3 Å². The lowest BCUT2D eigenvalue weighted by molar-refractivity contribution is -0.123. The fourth-order valence-electron chi connectivity index (χ4n) is 2.18. The number of benzene rings is 1. The summed E-state index contributed by atoms with van der Waals surface area (Å²) in [5.41, 5.74) is 0.922. The molecule has 3 N–H and O–H groups in total. The molecule has 1 heterocycles. The van der Waals surface area contributed by atoms with Crippen molar-refractivity contribution in [3.8, 4) is 0 Å². The number of nitrogens with zero attached hydrogens (tertiary/aromatic N) is 2. The van der Waals surface area contributed by atoms with Gasteiger partial charge in [-0.25, -0.2) is 0 Å². The van der Waals surface area contributed by atoms with Gasteiger partial charge in [0, 0.05) is 25.6 Å². The highest BCUT2D eigenvalue weighted by Gasteiger charge is 2.06. The van der Waals surface area contributed by atoms with Gasteiger partial charge in [0.1, 0.15) is 5.82 Å². The van der Waals surface area contributed by atoms with Crippen molar-refractivity contribution in [3.63, 3.8) is 0 Å². The first-order chi connectivity index (χ1) is 12.1. The van der Waals surface area contributed by atoms with Crippen LogP contribution in [0.25, 0.3) is 6.08 Å². The fourth-order valence-corrected chi connectivity index (χ4v) is 2.43. The average Bonchev–Trinajstić information content (AvgIpc) is 2.99. The van der Waals surface area contributed by atoms with Gasteiger partial charge in [0.15, 0.2) is 4.77 Å². The van der Waals surface area contributed by atoms with E-state index in [1.165, 1.54) is 6.08 Å². The summed E-state index contributed by atoms with van der Waals surface area (Å²) in [7, 11) is 0. The lowest BCUT2D eigenvalue weighted by Gasteiger charge is -2.08. The Hall–Kier alpha value is -2.74. The number of rotatable bonds is 8. The van der Waals surface area contributed by atoms with Crippen LogP contribution in [0.4, 0.5) is 0 Å². The maximum absolute atomic E-state index is 11.8. The van der Waals surface area contributed by atoms with Crippen molar-refractivity contribution in [2.45, 2.75) is 19.9 Å². The average molecular weight is 359 g/mol. The predicted octanol–water partition coefficient (Wildman–Crippen LogP) is 1.45. The number of carbonyl (C=O) groups is 2. The number of hydrogen-bond donors (Lipinski definition) is 3. The normalized spacial score (nSPS) is 10.8. The largest absolute Gasteiger partial charge is 0.353 e. The molecule has 0 spiro atoms. The Morgan fingerprint density at radius 3 is 2.76 bits per heavy atom. The van der Waals surface area contributed by atoms with Gasteiger partial charge in [-0.15, -0.1) is 0 Å². The Bertz CT molecular complexity index is 795. The Balaban J connectivity index is 1.70. The molecule has 0 saturated heterocycles. The first kappa shape index (κ1) is 18.6. The van der Waals surface area contributed by atoms with Crippen molar-refractivity contribution in [2.24, 2.45) is 0 Å². The lowest BCUT2D eigenvalue weighted by Crippen LogP contribution is -2.37. The van der Waals surface area contributed by atoms with E-state index >= 15 is 0 Å². The van der Waals surface area contributed by atoms with Crippen LogP contribution >= 0.6 is 12.2 Å². The first-order valence-electron chi connectivity index (χ1n) is 8.02. The molecule has 7 nitrogen and oxygen atoms in total. The van der Waals surface area contributed by atoms with Crippen LogP contribution in [0.15, 0.2) is 36.4 Å². The maximum atomic E-state index is 11.8. The molecule has 0 atom stereocenters. The molecule has 1 aromatic heterocycles. The molecule has 0 aliphatic rings. The second-order valence-electron chi connectivity index (χ2n) is 5.26. The van der Waals surface area contributed by atoms with Crippen LogP contribution in [0.2, 0.25) is 0 Å². The van der Waals surface area contributed by atoms with E-state index in [-0.39, 0.29) is 18.4 Å². The minimum absolute atomic E-state index is 0.0740. The van der Waals surface area contributed by atoms with Gasteiger partial charge < -0.3 is 15.2 Å². The van der Waals surface area contributed by atoms with Crippen LogP contribution < -0.4 is 10.6 Å². The van der Waals surface area contributed by atoms with E-state index < -0.39 is 0 Å². The topological polar surface area (TPSA) is 91.8 Å². The number of aryl methyl sites for hydroxylation is 1. The number of nitrogens with one attached hydrogen (secondary N) is 3. The number of aromatic amines is 1. The molecule has 2 rings (SSSR count). The minimum Gasteiger partial charge on any atom is -0.353 e. The maximum Gasteiger partial charge on any atom is 0.244 e. The van der Waals surface area contributed by atoms with E-state index in [2.05, 4.69) is 20.8 Å². The summed E-state index contributed by atoms with van der Waals surface area (Å²) in [5.74, 6) is 0.275. The number of carbonyl (C=O) groups excluding carboxylic acids is 2. The van der Waals surface area contributed by atoms with E-state index in [1.54, 1.807) is 6.08 Å². The van der Waals surface area contributed by atoms with E-state index in [0.29, 0.717) is 17.9 Å². The van der Waals surface area contributed by atoms with Crippen molar-refractivity contribution in [1.29, 1.82) is 0 Å². The standard InChI is InChI=1S/C17H21N5O2S/c1-2-14-20-21-17(25)22(14)11-10-18-16(24)12-19-15(23)9-8-13-6-4-3-5-7-13/h3-9H,2,10-12H2,1H3,(H,18,24)(H,19,23)(H,21,25)/b9-8+. The SMILES string of the molecule is CCc1n[nH]c(=S)n1CCNC(=O)CNC(=O)/C=C/c1ccccc1. The van der Waals surface area contributed by atoms with Crippen LogP contribution in [0, 0.1) is 4.77 Å². The third-order valence-corrected chi connectivity index (χ3v) is 3.77. The molecular formula is C17H21N5O2S. The van der Waals surface area contributed by atoms with Crippen LogP contribution in [0.5, 0.6) is 0 Å². The van der Waals surface area contributed by atoms with Crippen molar-refractivity contribution >= 4 is 30.1 Å². The molecular weight excluding hydrogens is 338 g/mol. The van der Waals surface area contributed by atoms with Gasteiger partial charge in [0.25, 0.3) is 0 Å². The highest BCUT2D eigenvalue weighted by Crippen LogP contribution is 2.00. The molecule has 1 aromatic carbocycles. The third kappa shape index (κ3) is 6.00. The van der Waals surface area contributed by atoms with Gasteiger partial charge >= 0.3 is 0 Å². The van der Waals surface area contributed by atoms with Crippen molar-refractivity contribution < 1.29 is 9.59 Å². The van der Waals surface area contributed by atoms with Gasteiger partial charge in [-0.3, -0.25) is 14.7 Å². The second-order valence-corrected chi connectivity index (χ2v) is 5.65. The summed E-state index contributed by atoms with van der Waals surface area (Å²) in [4.78, 5) is 23.5. The quantitative estimate of drug-likeness (QED) is 0.491. The summed E-state index contributed by atoms with van der Waals surface area (Å²) in [6.45, 7) is 2.86. The summed E-state index contributed by atoms with van der Waals surface area (Å²) in [6.07, 6.45) is 3.85. The van der Waals surface area contributed by atoms with E-state index in [0.717, 1.165) is 17.8 Å². The first-order valence-corrected chi connectivity index (χ1v) is 8.42. The summed E-state index contributed by atoms with van der Waals surface area (Å²) >= 11 is 5.14. The summed E-state index contributed by atoms with van der Waals surface area (Å²) in [5, 5.41) is 12.1. The molecule has 0 aliphatic heterocycles.